The van der Waals surface area contributed by atoms with Gasteiger partial charge in [-0.1, -0.05) is 6.07 Å². The van der Waals surface area contributed by atoms with Crippen molar-refractivity contribution in [1.29, 1.82) is 0 Å². The number of carbonyl (C=O) groups is 1. The van der Waals surface area contributed by atoms with Gasteiger partial charge in [-0.25, -0.2) is 0 Å². The van der Waals surface area contributed by atoms with Crippen molar-refractivity contribution in [3.05, 3.63) is 23.8 Å². The standard InChI is InChI=1S/C12H16O3/c1-9-4-5-11(12(8-9)14-3)15-7-6-10(2)13/h4-5,8H,6-7H2,1-3H3. The third-order valence-electron chi connectivity index (χ3n) is 2.03. The number of ether oxygens (including phenoxy) is 2. The van der Waals surface area contributed by atoms with E-state index in [0.29, 0.717) is 24.5 Å². The Morgan fingerprint density at radius 2 is 2.07 bits per heavy atom. The van der Waals surface area contributed by atoms with Crippen molar-refractivity contribution in [3.63, 3.8) is 0 Å². The minimum Gasteiger partial charge on any atom is -0.493 e. The quantitative estimate of drug-likeness (QED) is 0.745. The Bertz CT molecular complexity index is 345. The number of benzene rings is 1. The van der Waals surface area contributed by atoms with Crippen LogP contribution in [0, 0.1) is 6.92 Å². The van der Waals surface area contributed by atoms with Gasteiger partial charge in [-0.15, -0.1) is 0 Å². The number of hydrogen-bond acceptors (Lipinski definition) is 3. The molecule has 0 radical (unpaired) electrons. The fraction of sp³-hybridized carbons (Fsp3) is 0.417. The van der Waals surface area contributed by atoms with E-state index in [4.69, 9.17) is 9.47 Å². The van der Waals surface area contributed by atoms with E-state index in [0.717, 1.165) is 5.56 Å². The highest BCUT2D eigenvalue weighted by molar-refractivity contribution is 5.75. The maximum atomic E-state index is 10.7. The first-order valence-corrected chi connectivity index (χ1v) is 4.90. The predicted molar refractivity (Wildman–Crippen MR) is 58.5 cm³/mol. The van der Waals surface area contributed by atoms with Crippen LogP contribution in [0.25, 0.3) is 0 Å². The van der Waals surface area contributed by atoms with Crippen LogP contribution in [0.2, 0.25) is 0 Å². The third kappa shape index (κ3) is 3.62. The van der Waals surface area contributed by atoms with Gasteiger partial charge in [0.05, 0.1) is 13.7 Å². The second-order valence-corrected chi connectivity index (χ2v) is 3.45. The summed E-state index contributed by atoms with van der Waals surface area (Å²) in [5, 5.41) is 0. The van der Waals surface area contributed by atoms with Gasteiger partial charge >= 0.3 is 0 Å². The monoisotopic (exact) mass is 208 g/mol. The van der Waals surface area contributed by atoms with E-state index in [2.05, 4.69) is 0 Å². The smallest absolute Gasteiger partial charge is 0.161 e. The summed E-state index contributed by atoms with van der Waals surface area (Å²) in [5.41, 5.74) is 1.12. The number of methoxy groups -OCH3 is 1. The average molecular weight is 208 g/mol. The molecule has 1 aromatic carbocycles. The Morgan fingerprint density at radius 1 is 1.33 bits per heavy atom. The van der Waals surface area contributed by atoms with Crippen LogP contribution in [0.15, 0.2) is 18.2 Å². The summed E-state index contributed by atoms with van der Waals surface area (Å²) in [6.45, 7) is 3.94. The summed E-state index contributed by atoms with van der Waals surface area (Å²) < 4.78 is 10.6. The van der Waals surface area contributed by atoms with Crippen molar-refractivity contribution in [2.24, 2.45) is 0 Å². The van der Waals surface area contributed by atoms with E-state index >= 15 is 0 Å². The van der Waals surface area contributed by atoms with Gasteiger partial charge in [-0.3, -0.25) is 4.79 Å². The van der Waals surface area contributed by atoms with Crippen molar-refractivity contribution in [2.45, 2.75) is 20.3 Å². The summed E-state index contributed by atoms with van der Waals surface area (Å²) >= 11 is 0. The minimum absolute atomic E-state index is 0.126. The maximum Gasteiger partial charge on any atom is 0.161 e. The molecule has 0 spiro atoms. The molecule has 0 aromatic heterocycles. The molecule has 0 aliphatic rings. The molecule has 1 rings (SSSR count). The van der Waals surface area contributed by atoms with Crippen LogP contribution in [-0.4, -0.2) is 19.5 Å². The Hall–Kier alpha value is -1.51. The Labute approximate surface area is 90.0 Å². The summed E-state index contributed by atoms with van der Waals surface area (Å²) in [7, 11) is 1.60. The topological polar surface area (TPSA) is 35.5 Å². The van der Waals surface area contributed by atoms with Crippen molar-refractivity contribution in [1.82, 2.24) is 0 Å². The zero-order valence-electron chi connectivity index (χ0n) is 9.37. The van der Waals surface area contributed by atoms with E-state index < -0.39 is 0 Å². The lowest BCUT2D eigenvalue weighted by atomic mass is 10.2. The molecule has 1 aromatic rings. The first kappa shape index (κ1) is 11.6. The van der Waals surface area contributed by atoms with E-state index in [1.165, 1.54) is 0 Å². The summed E-state index contributed by atoms with van der Waals surface area (Å²) in [4.78, 5) is 10.7. The lowest BCUT2D eigenvalue weighted by Gasteiger charge is -2.10. The molecule has 0 atom stereocenters. The third-order valence-corrected chi connectivity index (χ3v) is 2.03. The average Bonchev–Trinajstić information content (AvgIpc) is 2.19. The van der Waals surface area contributed by atoms with E-state index in [9.17, 15) is 4.79 Å². The second kappa shape index (κ2) is 5.39. The van der Waals surface area contributed by atoms with Gasteiger partial charge in [-0.05, 0) is 31.5 Å². The molecule has 0 fully saturated rings. The first-order valence-electron chi connectivity index (χ1n) is 4.90. The highest BCUT2D eigenvalue weighted by Crippen LogP contribution is 2.27. The Morgan fingerprint density at radius 3 is 2.67 bits per heavy atom. The van der Waals surface area contributed by atoms with E-state index in [1.54, 1.807) is 14.0 Å². The normalized spacial score (nSPS) is 9.80. The van der Waals surface area contributed by atoms with E-state index in [-0.39, 0.29) is 5.78 Å². The highest BCUT2D eigenvalue weighted by atomic mass is 16.5. The molecule has 0 heterocycles. The SMILES string of the molecule is COc1cc(C)ccc1OCCC(C)=O. The van der Waals surface area contributed by atoms with Crippen molar-refractivity contribution >= 4 is 5.78 Å². The zero-order valence-corrected chi connectivity index (χ0v) is 9.37. The molecule has 3 heteroatoms. The molecular formula is C12H16O3. The fourth-order valence-electron chi connectivity index (χ4n) is 1.20. The van der Waals surface area contributed by atoms with Gasteiger partial charge in [0.2, 0.25) is 0 Å². The molecule has 82 valence electrons. The summed E-state index contributed by atoms with van der Waals surface area (Å²) in [5.74, 6) is 1.52. The van der Waals surface area contributed by atoms with Crippen LogP contribution in [-0.2, 0) is 4.79 Å². The number of Topliss-reactive ketones (excluding diaryl/α,β-unsaturated/α-hetero) is 1. The molecule has 15 heavy (non-hydrogen) atoms. The summed E-state index contributed by atoms with van der Waals surface area (Å²) in [6, 6.07) is 5.71. The summed E-state index contributed by atoms with van der Waals surface area (Å²) in [6.07, 6.45) is 0.428. The van der Waals surface area contributed by atoms with Crippen LogP contribution in [0.4, 0.5) is 0 Å². The maximum absolute atomic E-state index is 10.7. The molecule has 0 aliphatic carbocycles. The van der Waals surface area contributed by atoms with Crippen molar-refractivity contribution < 1.29 is 14.3 Å². The van der Waals surface area contributed by atoms with Crippen LogP contribution in [0.1, 0.15) is 18.9 Å². The van der Waals surface area contributed by atoms with Gasteiger partial charge in [0, 0.05) is 6.42 Å². The minimum atomic E-state index is 0.126. The second-order valence-electron chi connectivity index (χ2n) is 3.45. The van der Waals surface area contributed by atoms with Crippen LogP contribution in [0.5, 0.6) is 11.5 Å². The molecule has 3 nitrogen and oxygen atoms in total. The van der Waals surface area contributed by atoms with Crippen LogP contribution < -0.4 is 9.47 Å². The molecule has 0 aliphatic heterocycles. The Kier molecular flexibility index (Phi) is 4.16. The van der Waals surface area contributed by atoms with Gasteiger partial charge in [0.15, 0.2) is 11.5 Å². The molecule has 0 unspecified atom stereocenters. The predicted octanol–water partition coefficient (Wildman–Crippen LogP) is 2.36. The first-order chi connectivity index (χ1) is 7.13. The van der Waals surface area contributed by atoms with Gasteiger partial charge in [-0.2, -0.15) is 0 Å². The lowest BCUT2D eigenvalue weighted by molar-refractivity contribution is -0.117. The van der Waals surface area contributed by atoms with E-state index in [1.807, 2.05) is 25.1 Å². The molecular weight excluding hydrogens is 192 g/mol. The highest BCUT2D eigenvalue weighted by Gasteiger charge is 2.04. The zero-order chi connectivity index (χ0) is 11.3. The van der Waals surface area contributed by atoms with Crippen molar-refractivity contribution in [3.8, 4) is 11.5 Å². The molecule has 0 saturated heterocycles. The lowest BCUT2D eigenvalue weighted by Crippen LogP contribution is -2.03. The number of aryl methyl sites for hydroxylation is 1. The van der Waals surface area contributed by atoms with Crippen LogP contribution in [0.3, 0.4) is 0 Å². The van der Waals surface area contributed by atoms with Gasteiger partial charge in [0.1, 0.15) is 5.78 Å². The number of rotatable bonds is 5. The van der Waals surface area contributed by atoms with Gasteiger partial charge < -0.3 is 9.47 Å². The Balaban J connectivity index is 2.63. The molecule has 0 amide bonds. The van der Waals surface area contributed by atoms with Crippen LogP contribution >= 0.6 is 0 Å². The molecule has 0 N–H and O–H groups in total. The number of ketones is 1. The number of hydrogen-bond donors (Lipinski definition) is 0. The van der Waals surface area contributed by atoms with Gasteiger partial charge in [0.25, 0.3) is 0 Å². The molecule has 0 bridgehead atoms. The van der Waals surface area contributed by atoms with Crippen molar-refractivity contribution in [2.75, 3.05) is 13.7 Å². The number of carbonyl (C=O) groups excluding carboxylic acids is 1. The fourth-order valence-corrected chi connectivity index (χ4v) is 1.20. The largest absolute Gasteiger partial charge is 0.493 e. The molecule has 0 saturated carbocycles.